The van der Waals surface area contributed by atoms with Crippen molar-refractivity contribution >= 4 is 80.4 Å². The van der Waals surface area contributed by atoms with E-state index in [-0.39, 0.29) is 61.1 Å². The van der Waals surface area contributed by atoms with Gasteiger partial charge in [0.15, 0.2) is 5.78 Å². The number of nitrogens with zero attached hydrogens (tertiary/aromatic N) is 3. The first kappa shape index (κ1) is 42.4. The maximum atomic E-state index is 13.2. The van der Waals surface area contributed by atoms with Crippen molar-refractivity contribution in [3.05, 3.63) is 80.2 Å². The van der Waals surface area contributed by atoms with Gasteiger partial charge in [0.2, 0.25) is 17.7 Å². The fourth-order valence-electron chi connectivity index (χ4n) is 7.73. The van der Waals surface area contributed by atoms with Crippen LogP contribution in [0.1, 0.15) is 115 Å². The van der Waals surface area contributed by atoms with Crippen LogP contribution in [0.15, 0.2) is 47.5 Å². The number of benzene rings is 2. The first-order valence-electron chi connectivity index (χ1n) is 20.0. The van der Waals surface area contributed by atoms with Crippen molar-refractivity contribution in [2.24, 2.45) is 4.99 Å². The van der Waals surface area contributed by atoms with Crippen LogP contribution in [0.4, 0.5) is 10.7 Å². The van der Waals surface area contributed by atoms with E-state index in [1.165, 1.54) is 16.2 Å². The number of amides is 4. The maximum absolute atomic E-state index is 13.2. The van der Waals surface area contributed by atoms with E-state index in [0.29, 0.717) is 41.4 Å². The molecule has 2 atom stereocenters. The van der Waals surface area contributed by atoms with E-state index in [1.54, 1.807) is 36.1 Å². The highest BCUT2D eigenvalue weighted by molar-refractivity contribution is 7.17. The summed E-state index contributed by atoms with van der Waals surface area (Å²) in [7, 11) is 0. The van der Waals surface area contributed by atoms with Gasteiger partial charge in [0, 0.05) is 63.8 Å². The maximum Gasteiger partial charge on any atom is 0.255 e. The van der Waals surface area contributed by atoms with E-state index in [9.17, 15) is 24.0 Å². The van der Waals surface area contributed by atoms with Crippen molar-refractivity contribution in [2.75, 3.05) is 23.3 Å². The molecule has 1 aromatic heterocycles. The summed E-state index contributed by atoms with van der Waals surface area (Å²) in [5.74, 6) is -0.821. The van der Waals surface area contributed by atoms with Gasteiger partial charge in [0.05, 0.1) is 18.7 Å². The van der Waals surface area contributed by atoms with Crippen LogP contribution in [0.3, 0.4) is 0 Å². The summed E-state index contributed by atoms with van der Waals surface area (Å²) in [6.07, 6.45) is 7.57. The second-order valence-corrected chi connectivity index (χ2v) is 16.8. The summed E-state index contributed by atoms with van der Waals surface area (Å²) in [6.45, 7) is 6.63. The molecule has 4 heterocycles. The van der Waals surface area contributed by atoms with Gasteiger partial charge < -0.3 is 15.5 Å². The lowest BCUT2D eigenvalue weighted by atomic mass is 9.99. The third-order valence-corrected chi connectivity index (χ3v) is 12.4. The van der Waals surface area contributed by atoms with Crippen molar-refractivity contribution in [2.45, 2.75) is 110 Å². The highest BCUT2D eigenvalue weighted by Crippen LogP contribution is 2.40. The molecule has 3 aliphatic rings. The van der Waals surface area contributed by atoms with Crippen LogP contribution in [-0.2, 0) is 25.7 Å². The molecule has 1 unspecified atom stereocenters. The van der Waals surface area contributed by atoms with Gasteiger partial charge in [0.25, 0.3) is 5.91 Å². The number of amidine groups is 2. The molecule has 15 heteroatoms. The Labute approximate surface area is 348 Å². The number of nitrogens with one attached hydrogen (secondary N) is 5. The Morgan fingerprint density at radius 2 is 1.71 bits per heavy atom. The Hall–Kier alpha value is -5.21. The van der Waals surface area contributed by atoms with Crippen molar-refractivity contribution in [3.8, 4) is 0 Å². The predicted octanol–water partition coefficient (Wildman–Crippen LogP) is 7.09. The number of carbonyl (C=O) groups is 5. The molecule has 58 heavy (non-hydrogen) atoms. The molecule has 2 aromatic carbocycles. The second kappa shape index (κ2) is 19.0. The van der Waals surface area contributed by atoms with Gasteiger partial charge >= 0.3 is 0 Å². The molecule has 0 saturated carbocycles. The minimum atomic E-state index is -0.768. The van der Waals surface area contributed by atoms with Gasteiger partial charge in [-0.05, 0) is 69.9 Å². The number of thiophene rings is 1. The molecule has 1 saturated heterocycles. The third kappa shape index (κ3) is 9.72. The van der Waals surface area contributed by atoms with Crippen LogP contribution in [0.25, 0.3) is 0 Å². The summed E-state index contributed by atoms with van der Waals surface area (Å²) in [5, 5.41) is 27.5. The van der Waals surface area contributed by atoms with E-state index in [2.05, 4.69) is 16.0 Å². The molecule has 3 aromatic rings. The number of hydrogen-bond donors (Lipinski definition) is 5. The lowest BCUT2D eigenvalue weighted by Crippen LogP contribution is -2.52. The Morgan fingerprint density at radius 1 is 1.00 bits per heavy atom. The van der Waals surface area contributed by atoms with Crippen LogP contribution in [0.5, 0.6) is 0 Å². The molecular formula is C43H51ClN8O5S. The quantitative estimate of drug-likeness (QED) is 0.0416. The molecule has 13 nitrogen and oxygen atoms in total. The largest absolute Gasteiger partial charge is 0.378 e. The number of unbranched alkanes of at least 4 members (excludes halogenated alkanes) is 6. The number of Topliss-reactive ketones (excluding diaryl/α,β-unsaturated/α-hetero) is 1. The number of fused-ring (bicyclic) bond motifs is 2. The van der Waals surface area contributed by atoms with Gasteiger partial charge in [-0.2, -0.15) is 0 Å². The Morgan fingerprint density at radius 3 is 2.41 bits per heavy atom. The molecule has 0 radical (unpaired) electrons. The van der Waals surface area contributed by atoms with E-state index >= 15 is 0 Å². The normalized spacial score (nSPS) is 17.7. The number of ketones is 1. The molecule has 6 rings (SSSR count). The molecule has 0 aliphatic carbocycles. The summed E-state index contributed by atoms with van der Waals surface area (Å²) >= 11 is 7.72. The van der Waals surface area contributed by atoms with E-state index in [1.807, 2.05) is 32.0 Å². The minimum Gasteiger partial charge on any atom is -0.378 e. The number of halogens is 1. The van der Waals surface area contributed by atoms with Crippen molar-refractivity contribution < 1.29 is 24.0 Å². The zero-order valence-corrected chi connectivity index (χ0v) is 34.8. The average Bonchev–Trinajstić information content (AvgIpc) is 3.63. The van der Waals surface area contributed by atoms with Gasteiger partial charge in [-0.25, -0.2) is 0 Å². The summed E-state index contributed by atoms with van der Waals surface area (Å²) in [4.78, 5) is 72.1. The van der Waals surface area contributed by atoms with Gasteiger partial charge in [-0.3, -0.25) is 50.0 Å². The van der Waals surface area contributed by atoms with Crippen molar-refractivity contribution in [1.82, 2.24) is 15.5 Å². The summed E-state index contributed by atoms with van der Waals surface area (Å²) in [6, 6.07) is 11.3. The lowest BCUT2D eigenvalue weighted by Gasteiger charge is -2.29. The first-order chi connectivity index (χ1) is 27.8. The fraction of sp³-hybridized carbons (Fsp3) is 0.442. The third-order valence-electron chi connectivity index (χ3n) is 11.0. The topological polar surface area (TPSA) is 188 Å². The number of aryl methyl sites for hydroxylation is 1. The predicted molar refractivity (Wildman–Crippen MR) is 229 cm³/mol. The average molecular weight is 827 g/mol. The van der Waals surface area contributed by atoms with Crippen LogP contribution >= 0.6 is 22.9 Å². The van der Waals surface area contributed by atoms with E-state index < -0.39 is 18.0 Å². The molecule has 4 amide bonds. The number of carbonyl (C=O) groups excluding carboxylic acids is 5. The highest BCUT2D eigenvalue weighted by Gasteiger charge is 2.40. The molecule has 1 fully saturated rings. The van der Waals surface area contributed by atoms with Gasteiger partial charge in [-0.15, -0.1) is 11.3 Å². The number of anilines is 2. The SMILES string of the molecule is CC(=N)N1C(=N)[C@H](CC(=O)NCCCCCCCCCC(=O)CNc2cccc3c2CN(C2CCC(=O)NC2=O)C3=O)N=C(c2ccc(Cl)cc2)c2c1sc(C)c2C. The zero-order chi connectivity index (χ0) is 41.5. The number of imide groups is 1. The Kier molecular flexibility index (Phi) is 13.9. The Bertz CT molecular complexity index is 2150. The number of piperidine rings is 1. The first-order valence-corrected chi connectivity index (χ1v) is 21.2. The minimum absolute atomic E-state index is 0.00268. The molecule has 5 N–H and O–H groups in total. The molecule has 0 spiro atoms. The molecule has 3 aliphatic heterocycles. The monoisotopic (exact) mass is 826 g/mol. The second-order valence-electron chi connectivity index (χ2n) is 15.2. The molecule has 306 valence electrons. The highest BCUT2D eigenvalue weighted by atomic mass is 35.5. The number of aliphatic imine (C=N–C) groups is 1. The number of hydrogen-bond acceptors (Lipinski definition) is 10. The van der Waals surface area contributed by atoms with Gasteiger partial charge in [0.1, 0.15) is 28.8 Å². The van der Waals surface area contributed by atoms with E-state index in [0.717, 1.165) is 77.1 Å². The standard InChI is InChI=1S/C43H51ClN8O5S/c1-25-26(2)58-43-38(25)39(28-15-17-29(44)18-16-28)49-34(40(46)52(43)27(3)45)22-37(55)47-21-10-8-6-4-5-7-9-12-30(53)23-48-33-14-11-13-31-32(33)24-51(42(31)57)35-19-20-36(54)50-41(35)56/h11,13-18,34-35,45-46,48H,4-10,12,19-24H2,1-3H3,(H,47,55)(H,50,54,56)/t34-,35?/m0/s1. The Balaban J connectivity index is 0.884. The van der Waals surface area contributed by atoms with E-state index in [4.69, 9.17) is 27.4 Å². The molecular weight excluding hydrogens is 776 g/mol. The summed E-state index contributed by atoms with van der Waals surface area (Å²) in [5.41, 5.74) is 5.42. The fourth-order valence-corrected chi connectivity index (χ4v) is 9.08. The number of rotatable bonds is 17. The van der Waals surface area contributed by atoms with Crippen molar-refractivity contribution in [3.63, 3.8) is 0 Å². The zero-order valence-electron chi connectivity index (χ0n) is 33.3. The van der Waals surface area contributed by atoms with Crippen molar-refractivity contribution in [1.29, 1.82) is 10.8 Å². The smallest absolute Gasteiger partial charge is 0.255 e. The van der Waals surface area contributed by atoms with Crippen LogP contribution < -0.4 is 20.9 Å². The lowest BCUT2D eigenvalue weighted by molar-refractivity contribution is -0.137. The summed E-state index contributed by atoms with van der Waals surface area (Å²) < 4.78 is 0. The molecule has 0 bridgehead atoms. The van der Waals surface area contributed by atoms with Gasteiger partial charge in [-0.1, -0.05) is 61.9 Å². The van der Waals surface area contributed by atoms with Crippen LogP contribution in [-0.4, -0.2) is 76.9 Å². The van der Waals surface area contributed by atoms with Crippen LogP contribution in [0, 0.1) is 24.7 Å². The van der Waals surface area contributed by atoms with Crippen LogP contribution in [0.2, 0.25) is 5.02 Å².